The summed E-state index contributed by atoms with van der Waals surface area (Å²) in [5.74, 6) is -0.332. The Balaban J connectivity index is 1.56. The molecule has 1 amide bonds. The van der Waals surface area contributed by atoms with Crippen molar-refractivity contribution >= 4 is 27.8 Å². The minimum Gasteiger partial charge on any atom is -0.346 e. The predicted molar refractivity (Wildman–Crippen MR) is 116 cm³/mol. The van der Waals surface area contributed by atoms with Crippen molar-refractivity contribution in [2.24, 2.45) is 0 Å². The SMILES string of the molecule is CC(NC(=O)c1ccc2nc(C(C)(C)C(F)(F)F)ccc2c1)c1ccc2[nH]c(=O)[nH]c2c1. The molecule has 4 aromatic rings. The highest BCUT2D eigenvalue weighted by Crippen LogP contribution is 2.39. The molecule has 0 spiro atoms. The van der Waals surface area contributed by atoms with E-state index in [2.05, 4.69) is 20.3 Å². The van der Waals surface area contributed by atoms with Crippen LogP contribution in [0.15, 0.2) is 53.3 Å². The van der Waals surface area contributed by atoms with Gasteiger partial charge in [0.25, 0.3) is 5.91 Å². The highest BCUT2D eigenvalue weighted by atomic mass is 19.4. The van der Waals surface area contributed by atoms with E-state index in [1.165, 1.54) is 12.1 Å². The Hall–Kier alpha value is -3.62. The molecular formula is C23H21F3N4O2. The summed E-state index contributed by atoms with van der Waals surface area (Å²) in [5.41, 5.74) is 0.397. The number of carbonyl (C=O) groups excluding carboxylic acids is 1. The molecule has 2 aromatic heterocycles. The summed E-state index contributed by atoms with van der Waals surface area (Å²) < 4.78 is 40.0. The fraction of sp³-hybridized carbons (Fsp3) is 0.261. The molecule has 0 saturated heterocycles. The van der Waals surface area contributed by atoms with Crippen LogP contribution in [0.5, 0.6) is 0 Å². The molecule has 166 valence electrons. The molecule has 0 fully saturated rings. The minimum absolute atomic E-state index is 0.0819. The first-order valence-electron chi connectivity index (χ1n) is 9.96. The van der Waals surface area contributed by atoms with Crippen molar-refractivity contribution in [1.82, 2.24) is 20.3 Å². The number of aromatic nitrogens is 3. The van der Waals surface area contributed by atoms with E-state index in [4.69, 9.17) is 0 Å². The molecule has 0 aliphatic rings. The molecule has 0 radical (unpaired) electrons. The fourth-order valence-corrected chi connectivity index (χ4v) is 3.44. The predicted octanol–water partition coefficient (Wildman–Crippen LogP) is 4.74. The van der Waals surface area contributed by atoms with Crippen LogP contribution in [0.25, 0.3) is 21.9 Å². The maximum atomic E-state index is 13.3. The van der Waals surface area contributed by atoms with Crippen LogP contribution < -0.4 is 11.0 Å². The number of nitrogens with zero attached hydrogens (tertiary/aromatic N) is 1. The van der Waals surface area contributed by atoms with Gasteiger partial charge in [0.05, 0.1) is 28.3 Å². The van der Waals surface area contributed by atoms with Gasteiger partial charge in [0.2, 0.25) is 0 Å². The van der Waals surface area contributed by atoms with E-state index < -0.39 is 11.6 Å². The highest BCUT2D eigenvalue weighted by molar-refractivity contribution is 5.98. The lowest BCUT2D eigenvalue weighted by Gasteiger charge is -2.27. The molecule has 2 aromatic carbocycles. The number of halogens is 3. The first-order chi connectivity index (χ1) is 15.0. The van der Waals surface area contributed by atoms with Crippen molar-refractivity contribution in [3.8, 4) is 0 Å². The molecule has 1 unspecified atom stereocenters. The van der Waals surface area contributed by atoms with E-state index in [0.29, 0.717) is 27.5 Å². The largest absolute Gasteiger partial charge is 0.399 e. The molecule has 0 aliphatic heterocycles. The summed E-state index contributed by atoms with van der Waals surface area (Å²) in [4.78, 5) is 33.7. The fourth-order valence-electron chi connectivity index (χ4n) is 3.44. The second-order valence-electron chi connectivity index (χ2n) is 8.31. The smallest absolute Gasteiger partial charge is 0.346 e. The van der Waals surface area contributed by atoms with Crippen molar-refractivity contribution in [2.45, 2.75) is 38.4 Å². The van der Waals surface area contributed by atoms with Crippen LogP contribution in [-0.2, 0) is 5.41 Å². The van der Waals surface area contributed by atoms with Gasteiger partial charge in [0.15, 0.2) is 0 Å². The quantitative estimate of drug-likeness (QED) is 0.427. The lowest BCUT2D eigenvalue weighted by molar-refractivity contribution is -0.181. The number of alkyl halides is 3. The summed E-state index contributed by atoms with van der Waals surface area (Å²) in [7, 11) is 0. The molecule has 2 heterocycles. The van der Waals surface area contributed by atoms with Gasteiger partial charge in [0, 0.05) is 10.9 Å². The number of hydrogen-bond donors (Lipinski definition) is 3. The zero-order valence-corrected chi connectivity index (χ0v) is 17.6. The molecule has 9 heteroatoms. The average Bonchev–Trinajstić information content (AvgIpc) is 3.11. The van der Waals surface area contributed by atoms with Crippen LogP contribution in [0.4, 0.5) is 13.2 Å². The summed E-state index contributed by atoms with van der Waals surface area (Å²) in [6.45, 7) is 3.99. The first kappa shape index (κ1) is 21.6. The summed E-state index contributed by atoms with van der Waals surface area (Å²) in [6, 6.07) is 12.6. The Morgan fingerprint density at radius 3 is 2.44 bits per heavy atom. The number of fused-ring (bicyclic) bond motifs is 2. The average molecular weight is 442 g/mol. The van der Waals surface area contributed by atoms with E-state index in [0.717, 1.165) is 19.4 Å². The van der Waals surface area contributed by atoms with Gasteiger partial charge in [-0.05, 0) is 62.7 Å². The molecule has 0 saturated carbocycles. The lowest BCUT2D eigenvalue weighted by atomic mass is 9.87. The number of H-pyrrole nitrogens is 2. The van der Waals surface area contributed by atoms with Gasteiger partial charge >= 0.3 is 11.9 Å². The molecule has 3 N–H and O–H groups in total. The van der Waals surface area contributed by atoms with Crippen LogP contribution in [0, 0.1) is 0 Å². The Kier molecular flexibility index (Phi) is 5.07. The number of imidazole rings is 1. The maximum absolute atomic E-state index is 13.3. The number of rotatable bonds is 4. The van der Waals surface area contributed by atoms with E-state index in [9.17, 15) is 22.8 Å². The van der Waals surface area contributed by atoms with Crippen LogP contribution in [0.3, 0.4) is 0 Å². The molecule has 0 bridgehead atoms. The number of benzene rings is 2. The first-order valence-corrected chi connectivity index (χ1v) is 9.96. The maximum Gasteiger partial charge on any atom is 0.399 e. The number of carbonyl (C=O) groups is 1. The number of aromatic amines is 2. The summed E-state index contributed by atoms with van der Waals surface area (Å²) in [6.07, 6.45) is -4.43. The normalized spacial score (nSPS) is 13.4. The second kappa shape index (κ2) is 7.51. The molecule has 6 nitrogen and oxygen atoms in total. The van der Waals surface area contributed by atoms with Gasteiger partial charge in [0.1, 0.15) is 5.41 Å². The van der Waals surface area contributed by atoms with Crippen LogP contribution >= 0.6 is 0 Å². The van der Waals surface area contributed by atoms with Crippen molar-refractivity contribution < 1.29 is 18.0 Å². The topological polar surface area (TPSA) is 90.6 Å². The third-order valence-electron chi connectivity index (χ3n) is 5.69. The van der Waals surface area contributed by atoms with E-state index >= 15 is 0 Å². The van der Waals surface area contributed by atoms with Crippen LogP contribution in [0.1, 0.15) is 48.4 Å². The van der Waals surface area contributed by atoms with Crippen molar-refractivity contribution in [1.29, 1.82) is 0 Å². The zero-order chi connectivity index (χ0) is 23.3. The van der Waals surface area contributed by atoms with Crippen molar-refractivity contribution in [3.05, 3.63) is 75.8 Å². The highest BCUT2D eigenvalue weighted by Gasteiger charge is 2.49. The monoisotopic (exact) mass is 442 g/mol. The number of amides is 1. The van der Waals surface area contributed by atoms with Crippen molar-refractivity contribution in [3.63, 3.8) is 0 Å². The zero-order valence-electron chi connectivity index (χ0n) is 17.6. The second-order valence-corrected chi connectivity index (χ2v) is 8.31. The van der Waals surface area contributed by atoms with Crippen molar-refractivity contribution in [2.75, 3.05) is 0 Å². The van der Waals surface area contributed by atoms with Gasteiger partial charge in [-0.2, -0.15) is 13.2 Å². The standard InChI is InChI=1S/C23H21F3N4O2/c1-12(13-4-8-17-18(11-13)30-21(32)29-17)27-20(31)15-5-7-16-14(10-15)6-9-19(28-16)22(2,3)23(24,25)26/h4-12H,1-3H3,(H,27,31)(H2,29,30,32). The molecule has 1 atom stereocenters. The van der Waals surface area contributed by atoms with Gasteiger partial charge in [-0.15, -0.1) is 0 Å². The van der Waals surface area contributed by atoms with Crippen LogP contribution in [-0.4, -0.2) is 27.0 Å². The third-order valence-corrected chi connectivity index (χ3v) is 5.69. The Morgan fingerprint density at radius 2 is 1.72 bits per heavy atom. The van der Waals surface area contributed by atoms with E-state index in [-0.39, 0.29) is 23.3 Å². The number of hydrogen-bond acceptors (Lipinski definition) is 3. The minimum atomic E-state index is -4.43. The van der Waals surface area contributed by atoms with E-state index in [1.54, 1.807) is 30.3 Å². The summed E-state index contributed by atoms with van der Waals surface area (Å²) in [5, 5.41) is 3.46. The molecule has 0 aliphatic carbocycles. The van der Waals surface area contributed by atoms with Gasteiger partial charge in [-0.25, -0.2) is 4.79 Å². The van der Waals surface area contributed by atoms with Crippen LogP contribution in [0.2, 0.25) is 0 Å². The Morgan fingerprint density at radius 1 is 1.00 bits per heavy atom. The number of pyridine rings is 1. The number of nitrogens with one attached hydrogen (secondary N) is 3. The van der Waals surface area contributed by atoms with Gasteiger partial charge < -0.3 is 15.3 Å². The third kappa shape index (κ3) is 3.86. The Labute approximate surface area is 180 Å². The van der Waals surface area contributed by atoms with Gasteiger partial charge in [-0.1, -0.05) is 12.1 Å². The van der Waals surface area contributed by atoms with Gasteiger partial charge in [-0.3, -0.25) is 9.78 Å². The Bertz CT molecular complexity index is 1390. The molecule has 32 heavy (non-hydrogen) atoms. The summed E-state index contributed by atoms with van der Waals surface area (Å²) >= 11 is 0. The lowest BCUT2D eigenvalue weighted by Crippen LogP contribution is -2.37. The molecular weight excluding hydrogens is 421 g/mol. The molecule has 4 rings (SSSR count). The van der Waals surface area contributed by atoms with E-state index in [1.807, 2.05) is 13.0 Å².